The fraction of sp³-hybridized carbons (Fsp3) is 0.538. The SMILES string of the molecule is O=S(=O)(NCC1CC(O)C1)c1ccc2c(c1)CCO2. The molecule has 0 unspecified atom stereocenters. The van der Waals surface area contributed by atoms with Crippen molar-refractivity contribution < 1.29 is 18.3 Å². The van der Waals surface area contributed by atoms with Crippen molar-refractivity contribution in [1.82, 2.24) is 4.72 Å². The van der Waals surface area contributed by atoms with Crippen LogP contribution < -0.4 is 9.46 Å². The highest BCUT2D eigenvalue weighted by Gasteiger charge is 2.28. The van der Waals surface area contributed by atoms with Crippen molar-refractivity contribution in [1.29, 1.82) is 0 Å². The maximum atomic E-state index is 12.1. The van der Waals surface area contributed by atoms with E-state index in [1.54, 1.807) is 18.2 Å². The van der Waals surface area contributed by atoms with Crippen LogP contribution in [0.3, 0.4) is 0 Å². The Balaban J connectivity index is 1.69. The largest absolute Gasteiger partial charge is 0.493 e. The molecule has 2 N–H and O–H groups in total. The Hall–Kier alpha value is -1.11. The molecule has 104 valence electrons. The molecule has 1 saturated carbocycles. The molecule has 1 fully saturated rings. The summed E-state index contributed by atoms with van der Waals surface area (Å²) in [5, 5.41) is 9.18. The fourth-order valence-corrected chi connectivity index (χ4v) is 3.67. The average Bonchev–Trinajstić information content (AvgIpc) is 2.80. The molecule has 0 amide bonds. The first-order chi connectivity index (χ1) is 9.04. The number of ether oxygens (including phenoxy) is 1. The van der Waals surface area contributed by atoms with Gasteiger partial charge in [0.05, 0.1) is 17.6 Å². The van der Waals surface area contributed by atoms with Crippen LogP contribution in [-0.4, -0.2) is 32.8 Å². The Bertz CT molecular complexity index is 578. The predicted molar refractivity (Wildman–Crippen MR) is 69.6 cm³/mol. The van der Waals surface area contributed by atoms with E-state index in [4.69, 9.17) is 4.74 Å². The zero-order valence-corrected chi connectivity index (χ0v) is 11.3. The van der Waals surface area contributed by atoms with Crippen LogP contribution in [-0.2, 0) is 16.4 Å². The highest BCUT2D eigenvalue weighted by atomic mass is 32.2. The average molecular weight is 283 g/mol. The van der Waals surface area contributed by atoms with Crippen molar-refractivity contribution in [3.63, 3.8) is 0 Å². The second-order valence-corrected chi connectivity index (χ2v) is 6.98. The second-order valence-electron chi connectivity index (χ2n) is 5.21. The van der Waals surface area contributed by atoms with Crippen LogP contribution in [0, 0.1) is 5.92 Å². The summed E-state index contributed by atoms with van der Waals surface area (Å²) in [5.41, 5.74) is 0.946. The molecule has 1 aromatic rings. The minimum absolute atomic E-state index is 0.252. The third-order valence-corrected chi connectivity index (χ3v) is 5.17. The molecule has 19 heavy (non-hydrogen) atoms. The zero-order valence-electron chi connectivity index (χ0n) is 10.5. The molecule has 5 nitrogen and oxygen atoms in total. The van der Waals surface area contributed by atoms with Gasteiger partial charge in [0.1, 0.15) is 5.75 Å². The molecule has 6 heteroatoms. The smallest absolute Gasteiger partial charge is 0.240 e. The van der Waals surface area contributed by atoms with E-state index < -0.39 is 10.0 Å². The van der Waals surface area contributed by atoms with Crippen LogP contribution in [0.15, 0.2) is 23.1 Å². The Morgan fingerprint density at radius 1 is 1.37 bits per heavy atom. The number of hydrogen-bond acceptors (Lipinski definition) is 4. The number of rotatable bonds is 4. The van der Waals surface area contributed by atoms with E-state index in [9.17, 15) is 13.5 Å². The van der Waals surface area contributed by atoms with Crippen LogP contribution in [0.2, 0.25) is 0 Å². The lowest BCUT2D eigenvalue weighted by atomic mass is 9.83. The quantitative estimate of drug-likeness (QED) is 0.851. The van der Waals surface area contributed by atoms with Gasteiger partial charge < -0.3 is 9.84 Å². The minimum atomic E-state index is -3.46. The molecular formula is C13H17NO4S. The zero-order chi connectivity index (χ0) is 13.5. The summed E-state index contributed by atoms with van der Waals surface area (Å²) < 4.78 is 32.3. The van der Waals surface area contributed by atoms with Crippen LogP contribution in [0.4, 0.5) is 0 Å². The van der Waals surface area contributed by atoms with Gasteiger partial charge in [-0.05, 0) is 42.5 Å². The molecule has 0 bridgehead atoms. The van der Waals surface area contributed by atoms with Crippen LogP contribution in [0.25, 0.3) is 0 Å². The Morgan fingerprint density at radius 3 is 2.89 bits per heavy atom. The molecular weight excluding hydrogens is 266 g/mol. The summed E-state index contributed by atoms with van der Waals surface area (Å²) in [6.45, 7) is 1.01. The third kappa shape index (κ3) is 2.61. The summed E-state index contributed by atoms with van der Waals surface area (Å²) in [6, 6.07) is 4.96. The van der Waals surface area contributed by atoms with E-state index in [1.807, 2.05) is 0 Å². The molecule has 0 spiro atoms. The van der Waals surface area contributed by atoms with Crippen molar-refractivity contribution in [2.75, 3.05) is 13.2 Å². The molecule has 3 rings (SSSR count). The lowest BCUT2D eigenvalue weighted by Crippen LogP contribution is -2.38. The van der Waals surface area contributed by atoms with Crippen molar-refractivity contribution in [3.05, 3.63) is 23.8 Å². The fourth-order valence-electron chi connectivity index (χ4n) is 2.51. The molecule has 1 aliphatic heterocycles. The van der Waals surface area contributed by atoms with E-state index >= 15 is 0 Å². The maximum absolute atomic E-state index is 12.1. The summed E-state index contributed by atoms with van der Waals surface area (Å²) in [6.07, 6.45) is 1.86. The monoisotopic (exact) mass is 283 g/mol. The van der Waals surface area contributed by atoms with E-state index in [0.29, 0.717) is 26.0 Å². The van der Waals surface area contributed by atoms with Gasteiger partial charge in [0, 0.05) is 13.0 Å². The van der Waals surface area contributed by atoms with Gasteiger partial charge in [-0.3, -0.25) is 0 Å². The molecule has 0 aromatic heterocycles. The van der Waals surface area contributed by atoms with Crippen molar-refractivity contribution in [3.8, 4) is 5.75 Å². The number of nitrogens with one attached hydrogen (secondary N) is 1. The third-order valence-electron chi connectivity index (χ3n) is 3.74. The van der Waals surface area contributed by atoms with Gasteiger partial charge in [-0.15, -0.1) is 0 Å². The van der Waals surface area contributed by atoms with E-state index in [0.717, 1.165) is 17.7 Å². The first-order valence-electron chi connectivity index (χ1n) is 6.48. The van der Waals surface area contributed by atoms with E-state index in [2.05, 4.69) is 4.72 Å². The van der Waals surface area contributed by atoms with Crippen LogP contribution in [0.5, 0.6) is 5.75 Å². The first-order valence-corrected chi connectivity index (χ1v) is 7.96. The predicted octanol–water partition coefficient (Wildman–Crippen LogP) is 0.671. The summed E-state index contributed by atoms with van der Waals surface area (Å²) in [5.74, 6) is 1.03. The number of benzene rings is 1. The number of sulfonamides is 1. The second kappa shape index (κ2) is 4.77. The lowest BCUT2D eigenvalue weighted by Gasteiger charge is -2.31. The lowest BCUT2D eigenvalue weighted by molar-refractivity contribution is 0.0453. The molecule has 0 saturated heterocycles. The van der Waals surface area contributed by atoms with Gasteiger partial charge in [-0.1, -0.05) is 0 Å². The first kappa shape index (κ1) is 12.9. The molecule has 0 atom stereocenters. The topological polar surface area (TPSA) is 75.6 Å². The Morgan fingerprint density at radius 2 is 2.16 bits per heavy atom. The number of aliphatic hydroxyl groups excluding tert-OH is 1. The summed E-state index contributed by atoms with van der Waals surface area (Å²) in [7, 11) is -3.46. The van der Waals surface area contributed by atoms with E-state index in [1.165, 1.54) is 0 Å². The van der Waals surface area contributed by atoms with Gasteiger partial charge in [0.15, 0.2) is 0 Å². The molecule has 1 heterocycles. The number of hydrogen-bond donors (Lipinski definition) is 2. The summed E-state index contributed by atoms with van der Waals surface area (Å²) >= 11 is 0. The molecule has 1 aliphatic carbocycles. The minimum Gasteiger partial charge on any atom is -0.493 e. The molecule has 2 aliphatic rings. The number of aliphatic hydroxyl groups is 1. The highest BCUT2D eigenvalue weighted by molar-refractivity contribution is 7.89. The standard InChI is InChI=1S/C13H17NO4S/c15-11-5-9(6-11)8-14-19(16,17)12-1-2-13-10(7-12)3-4-18-13/h1-2,7,9,11,14-15H,3-6,8H2. The Labute approximate surface area is 112 Å². The number of fused-ring (bicyclic) bond motifs is 1. The van der Waals surface area contributed by atoms with Gasteiger partial charge in [-0.25, -0.2) is 13.1 Å². The van der Waals surface area contributed by atoms with Crippen LogP contribution in [0.1, 0.15) is 18.4 Å². The Kier molecular flexibility index (Phi) is 3.24. The van der Waals surface area contributed by atoms with Crippen molar-refractivity contribution in [2.45, 2.75) is 30.3 Å². The van der Waals surface area contributed by atoms with Gasteiger partial charge in [0.2, 0.25) is 10.0 Å². The van der Waals surface area contributed by atoms with E-state index in [-0.39, 0.29) is 16.9 Å². The van der Waals surface area contributed by atoms with Crippen molar-refractivity contribution >= 4 is 10.0 Å². The molecule has 1 aromatic carbocycles. The van der Waals surface area contributed by atoms with Gasteiger partial charge in [0.25, 0.3) is 0 Å². The highest BCUT2D eigenvalue weighted by Crippen LogP contribution is 2.29. The summed E-state index contributed by atoms with van der Waals surface area (Å²) in [4.78, 5) is 0.289. The van der Waals surface area contributed by atoms with Gasteiger partial charge >= 0.3 is 0 Å². The van der Waals surface area contributed by atoms with Crippen molar-refractivity contribution in [2.24, 2.45) is 5.92 Å². The van der Waals surface area contributed by atoms with Crippen LogP contribution >= 0.6 is 0 Å². The van der Waals surface area contributed by atoms with Gasteiger partial charge in [-0.2, -0.15) is 0 Å². The normalized spacial score (nSPS) is 25.5. The molecule has 0 radical (unpaired) electrons. The maximum Gasteiger partial charge on any atom is 0.240 e.